The summed E-state index contributed by atoms with van der Waals surface area (Å²) in [6, 6.07) is 9.78. The summed E-state index contributed by atoms with van der Waals surface area (Å²) in [6.45, 7) is 6.99. The highest BCUT2D eigenvalue weighted by Crippen LogP contribution is 2.34. The van der Waals surface area contributed by atoms with Gasteiger partial charge in [0.05, 0.1) is 17.3 Å². The number of methoxy groups -OCH3 is 1. The van der Waals surface area contributed by atoms with Crippen molar-refractivity contribution in [2.75, 3.05) is 39.4 Å². The number of nitrogens with one attached hydrogen (secondary N) is 1. The summed E-state index contributed by atoms with van der Waals surface area (Å²) in [6.07, 6.45) is 1.27. The SMILES string of the molecule is CNc1nn(C2CCN(C(=O)OC(C)(C)C)CC2)c2cc(-c3ccccc3OCOC)nnc12. The van der Waals surface area contributed by atoms with Gasteiger partial charge in [0.25, 0.3) is 0 Å². The highest BCUT2D eigenvalue weighted by Gasteiger charge is 2.29. The highest BCUT2D eigenvalue weighted by atomic mass is 16.7. The van der Waals surface area contributed by atoms with E-state index in [2.05, 4.69) is 15.5 Å². The van der Waals surface area contributed by atoms with Crippen LogP contribution in [0, 0.1) is 0 Å². The van der Waals surface area contributed by atoms with E-state index in [0.29, 0.717) is 35.9 Å². The number of hydrogen-bond donors (Lipinski definition) is 1. The van der Waals surface area contributed by atoms with Crippen molar-refractivity contribution < 1.29 is 19.0 Å². The second kappa shape index (κ2) is 9.84. The van der Waals surface area contributed by atoms with Crippen LogP contribution in [0.5, 0.6) is 5.75 Å². The van der Waals surface area contributed by atoms with Gasteiger partial charge in [-0.1, -0.05) is 12.1 Å². The van der Waals surface area contributed by atoms with Gasteiger partial charge in [-0.3, -0.25) is 4.68 Å². The van der Waals surface area contributed by atoms with E-state index in [1.54, 1.807) is 12.0 Å². The molecule has 0 radical (unpaired) electrons. The maximum absolute atomic E-state index is 12.5. The van der Waals surface area contributed by atoms with Crippen molar-refractivity contribution in [1.82, 2.24) is 24.9 Å². The Hall–Kier alpha value is -3.40. The Labute approximate surface area is 199 Å². The summed E-state index contributed by atoms with van der Waals surface area (Å²) in [5, 5.41) is 16.8. The largest absolute Gasteiger partial charge is 0.467 e. The molecule has 1 aromatic carbocycles. The zero-order valence-electron chi connectivity index (χ0n) is 20.4. The van der Waals surface area contributed by atoms with E-state index in [9.17, 15) is 4.79 Å². The van der Waals surface area contributed by atoms with Gasteiger partial charge in [0.1, 0.15) is 11.4 Å². The molecule has 1 fully saturated rings. The van der Waals surface area contributed by atoms with Crippen molar-refractivity contribution >= 4 is 22.9 Å². The summed E-state index contributed by atoms with van der Waals surface area (Å²) >= 11 is 0. The number of carbonyl (C=O) groups is 1. The topological polar surface area (TPSA) is 104 Å². The Bertz CT molecular complexity index is 1150. The lowest BCUT2D eigenvalue weighted by molar-refractivity contribution is 0.0186. The van der Waals surface area contributed by atoms with E-state index in [0.717, 1.165) is 23.9 Å². The summed E-state index contributed by atoms with van der Waals surface area (Å²) < 4.78 is 18.3. The Morgan fingerprint density at radius 1 is 1.18 bits per heavy atom. The Morgan fingerprint density at radius 3 is 2.59 bits per heavy atom. The van der Waals surface area contributed by atoms with Crippen LogP contribution in [0.25, 0.3) is 22.3 Å². The van der Waals surface area contributed by atoms with Gasteiger partial charge in [0, 0.05) is 32.8 Å². The van der Waals surface area contributed by atoms with Crippen LogP contribution < -0.4 is 10.1 Å². The molecule has 1 aliphatic rings. The van der Waals surface area contributed by atoms with Crippen molar-refractivity contribution in [1.29, 1.82) is 0 Å². The predicted octanol–water partition coefficient (Wildman–Crippen LogP) is 4.09. The molecule has 1 amide bonds. The number of hydrogen-bond acceptors (Lipinski definition) is 8. The van der Waals surface area contributed by atoms with E-state index < -0.39 is 5.60 Å². The van der Waals surface area contributed by atoms with Crippen molar-refractivity contribution in [3.8, 4) is 17.0 Å². The first kappa shape index (κ1) is 23.7. The van der Waals surface area contributed by atoms with Gasteiger partial charge in [0.15, 0.2) is 18.1 Å². The number of amides is 1. The van der Waals surface area contributed by atoms with E-state index >= 15 is 0 Å². The Kier molecular flexibility index (Phi) is 6.87. The molecule has 10 heteroatoms. The van der Waals surface area contributed by atoms with Crippen LogP contribution in [-0.4, -0.2) is 70.6 Å². The third-order valence-electron chi connectivity index (χ3n) is 5.65. The molecule has 1 saturated heterocycles. The number of carbonyl (C=O) groups excluding carboxylic acids is 1. The molecule has 0 spiro atoms. The number of aromatic nitrogens is 4. The lowest BCUT2D eigenvalue weighted by atomic mass is 10.1. The molecule has 4 rings (SSSR count). The molecule has 0 saturated carbocycles. The number of benzene rings is 1. The summed E-state index contributed by atoms with van der Waals surface area (Å²) in [5.41, 5.74) is 2.59. The zero-order valence-corrected chi connectivity index (χ0v) is 20.4. The number of ether oxygens (including phenoxy) is 3. The molecule has 0 unspecified atom stereocenters. The minimum Gasteiger partial charge on any atom is -0.467 e. The van der Waals surface area contributed by atoms with Crippen LogP contribution in [-0.2, 0) is 9.47 Å². The molecule has 3 heterocycles. The number of para-hydroxylation sites is 1. The lowest BCUT2D eigenvalue weighted by Crippen LogP contribution is -2.42. The quantitative estimate of drug-likeness (QED) is 0.540. The highest BCUT2D eigenvalue weighted by molar-refractivity contribution is 5.88. The van der Waals surface area contributed by atoms with Crippen molar-refractivity contribution in [3.63, 3.8) is 0 Å². The molecule has 10 nitrogen and oxygen atoms in total. The molecule has 182 valence electrons. The van der Waals surface area contributed by atoms with E-state index in [4.69, 9.17) is 19.3 Å². The number of nitrogens with zero attached hydrogens (tertiary/aromatic N) is 5. The number of piperidine rings is 1. The summed E-state index contributed by atoms with van der Waals surface area (Å²) in [7, 11) is 3.40. The lowest BCUT2D eigenvalue weighted by Gasteiger charge is -2.33. The average Bonchev–Trinajstić information content (AvgIpc) is 3.20. The normalized spacial score (nSPS) is 14.9. The number of fused-ring (bicyclic) bond motifs is 1. The molecule has 0 bridgehead atoms. The van der Waals surface area contributed by atoms with Gasteiger partial charge in [-0.25, -0.2) is 4.79 Å². The number of anilines is 1. The molecule has 0 aliphatic carbocycles. The van der Waals surface area contributed by atoms with Crippen molar-refractivity contribution in [2.45, 2.75) is 45.3 Å². The first-order valence-corrected chi connectivity index (χ1v) is 11.4. The molecule has 1 aliphatic heterocycles. The fraction of sp³-hybridized carbons (Fsp3) is 0.500. The molecule has 2 aromatic heterocycles. The third-order valence-corrected chi connectivity index (χ3v) is 5.65. The fourth-order valence-electron chi connectivity index (χ4n) is 4.06. The smallest absolute Gasteiger partial charge is 0.410 e. The van der Waals surface area contributed by atoms with Crippen LogP contribution in [0.3, 0.4) is 0 Å². The van der Waals surface area contributed by atoms with E-state index in [-0.39, 0.29) is 18.9 Å². The van der Waals surface area contributed by atoms with Crippen LogP contribution in [0.1, 0.15) is 39.7 Å². The molecule has 3 aromatic rings. The summed E-state index contributed by atoms with van der Waals surface area (Å²) in [5.74, 6) is 1.34. The zero-order chi connectivity index (χ0) is 24.3. The van der Waals surface area contributed by atoms with Gasteiger partial charge in [-0.15, -0.1) is 10.2 Å². The maximum Gasteiger partial charge on any atom is 0.410 e. The van der Waals surface area contributed by atoms with Gasteiger partial charge in [0.2, 0.25) is 0 Å². The molecular formula is C24H32N6O4. The van der Waals surface area contributed by atoms with Gasteiger partial charge < -0.3 is 24.4 Å². The predicted molar refractivity (Wildman–Crippen MR) is 129 cm³/mol. The van der Waals surface area contributed by atoms with Crippen molar-refractivity contribution in [2.24, 2.45) is 0 Å². The second-order valence-electron chi connectivity index (χ2n) is 9.25. The molecular weight excluding hydrogens is 436 g/mol. The van der Waals surface area contributed by atoms with Gasteiger partial charge in [-0.2, -0.15) is 5.10 Å². The first-order valence-electron chi connectivity index (χ1n) is 11.4. The Balaban J connectivity index is 1.62. The van der Waals surface area contributed by atoms with Crippen LogP contribution >= 0.6 is 0 Å². The minimum absolute atomic E-state index is 0.125. The second-order valence-corrected chi connectivity index (χ2v) is 9.25. The van der Waals surface area contributed by atoms with Crippen LogP contribution in [0.4, 0.5) is 10.6 Å². The van der Waals surface area contributed by atoms with Crippen LogP contribution in [0.2, 0.25) is 0 Å². The standard InChI is InChI=1S/C24H32N6O4/c1-24(2,3)34-23(31)29-12-10-16(11-13-29)30-19-14-18(26-27-21(19)22(25-4)28-30)17-8-6-7-9-20(17)33-15-32-5/h6-9,14,16H,10-13,15H2,1-5H3,(H,25,28). The van der Waals surface area contributed by atoms with E-state index in [1.165, 1.54) is 0 Å². The van der Waals surface area contributed by atoms with Gasteiger partial charge in [-0.05, 0) is 51.8 Å². The van der Waals surface area contributed by atoms with Gasteiger partial charge >= 0.3 is 6.09 Å². The minimum atomic E-state index is -0.508. The molecule has 0 atom stereocenters. The van der Waals surface area contributed by atoms with E-state index in [1.807, 2.05) is 62.8 Å². The van der Waals surface area contributed by atoms with Crippen LogP contribution in [0.15, 0.2) is 30.3 Å². The summed E-state index contributed by atoms with van der Waals surface area (Å²) in [4.78, 5) is 14.2. The third kappa shape index (κ3) is 5.06. The molecule has 1 N–H and O–H groups in total. The molecule has 34 heavy (non-hydrogen) atoms. The average molecular weight is 469 g/mol. The monoisotopic (exact) mass is 468 g/mol. The van der Waals surface area contributed by atoms with Crippen molar-refractivity contribution in [3.05, 3.63) is 30.3 Å². The number of likely N-dealkylation sites (tertiary alicyclic amines) is 1. The maximum atomic E-state index is 12.5. The first-order chi connectivity index (χ1) is 16.3. The number of rotatable bonds is 6. The Morgan fingerprint density at radius 2 is 1.91 bits per heavy atom. The fourth-order valence-corrected chi connectivity index (χ4v) is 4.06.